The van der Waals surface area contributed by atoms with E-state index in [0.717, 1.165) is 66.3 Å². The third-order valence-corrected chi connectivity index (χ3v) is 6.07. The highest BCUT2D eigenvalue weighted by Gasteiger charge is 2.22. The number of H-pyrrole nitrogens is 2. The first-order valence-corrected chi connectivity index (χ1v) is 11.3. The van der Waals surface area contributed by atoms with Gasteiger partial charge in [-0.2, -0.15) is 0 Å². The Balaban J connectivity index is 1.33. The van der Waals surface area contributed by atoms with E-state index in [1.165, 1.54) is 10.9 Å². The van der Waals surface area contributed by atoms with Gasteiger partial charge in [-0.05, 0) is 42.2 Å². The average Bonchev–Trinajstić information content (AvgIpc) is 3.20. The second-order valence-corrected chi connectivity index (χ2v) is 8.44. The molecule has 0 unspecified atom stereocenters. The van der Waals surface area contributed by atoms with Crippen LogP contribution in [0.15, 0.2) is 59.5 Å². The number of benzene rings is 2. The lowest BCUT2D eigenvalue weighted by molar-refractivity contribution is 0.241. The second kappa shape index (κ2) is 9.01. The third-order valence-electron chi connectivity index (χ3n) is 6.07. The number of hydrogen-bond acceptors (Lipinski definition) is 4. The van der Waals surface area contributed by atoms with Gasteiger partial charge < -0.3 is 14.7 Å². The summed E-state index contributed by atoms with van der Waals surface area (Å²) in [4.78, 5) is 25.9. The van der Waals surface area contributed by atoms with Crippen LogP contribution in [0.3, 0.4) is 0 Å². The lowest BCUT2D eigenvalue weighted by Crippen LogP contribution is -2.35. The van der Waals surface area contributed by atoms with Crippen molar-refractivity contribution in [2.75, 3.05) is 6.54 Å². The molecule has 0 spiro atoms. The molecule has 2 N–H and O–H groups in total. The molecule has 6 heteroatoms. The van der Waals surface area contributed by atoms with Crippen LogP contribution in [0.1, 0.15) is 41.6 Å². The van der Waals surface area contributed by atoms with Gasteiger partial charge in [-0.3, -0.25) is 9.69 Å². The number of aromatic nitrogens is 3. The van der Waals surface area contributed by atoms with Crippen LogP contribution in [0.2, 0.25) is 0 Å². The maximum atomic E-state index is 12.4. The highest BCUT2D eigenvalue weighted by molar-refractivity contribution is 5.84. The van der Waals surface area contributed by atoms with Gasteiger partial charge in [0, 0.05) is 48.7 Å². The molecule has 1 aliphatic heterocycles. The number of nitrogens with one attached hydrogen (secondary N) is 2. The summed E-state index contributed by atoms with van der Waals surface area (Å²) in [7, 11) is 0. The maximum absolute atomic E-state index is 12.4. The van der Waals surface area contributed by atoms with Crippen LogP contribution in [0, 0.1) is 0 Å². The third kappa shape index (κ3) is 4.32. The Hall–Kier alpha value is -3.38. The fraction of sp³-hybridized carbons (Fsp3) is 0.308. The first-order valence-electron chi connectivity index (χ1n) is 11.3. The van der Waals surface area contributed by atoms with Crippen molar-refractivity contribution in [2.24, 2.45) is 0 Å². The minimum atomic E-state index is 0.0328. The van der Waals surface area contributed by atoms with E-state index in [9.17, 15) is 4.79 Å². The molecular weight excluding hydrogens is 400 g/mol. The van der Waals surface area contributed by atoms with Gasteiger partial charge in [0.25, 0.3) is 5.56 Å². The number of rotatable bonds is 7. The summed E-state index contributed by atoms with van der Waals surface area (Å²) in [5.41, 5.74) is 5.28. The topological polar surface area (TPSA) is 74.0 Å². The molecule has 164 valence electrons. The molecule has 0 radical (unpaired) electrons. The van der Waals surface area contributed by atoms with Crippen molar-refractivity contribution in [1.82, 2.24) is 19.9 Å². The normalized spacial score (nSPS) is 13.9. The van der Waals surface area contributed by atoms with Crippen LogP contribution < -0.4 is 10.3 Å². The van der Waals surface area contributed by atoms with E-state index in [4.69, 9.17) is 9.72 Å². The molecule has 5 rings (SSSR count). The quantitative estimate of drug-likeness (QED) is 0.459. The molecule has 32 heavy (non-hydrogen) atoms. The largest absolute Gasteiger partial charge is 0.489 e. The molecule has 0 saturated heterocycles. The minimum absolute atomic E-state index is 0.0328. The lowest BCUT2D eigenvalue weighted by atomic mass is 10.0. The number of nitrogens with zero attached hydrogens (tertiary/aromatic N) is 2. The summed E-state index contributed by atoms with van der Waals surface area (Å²) in [5, 5.41) is 1.17. The molecule has 4 aromatic rings. The molecule has 0 fully saturated rings. The van der Waals surface area contributed by atoms with Crippen molar-refractivity contribution in [3.8, 4) is 5.75 Å². The molecule has 3 heterocycles. The Morgan fingerprint density at radius 3 is 2.88 bits per heavy atom. The number of ether oxygens (including phenoxy) is 1. The van der Waals surface area contributed by atoms with E-state index >= 15 is 0 Å². The van der Waals surface area contributed by atoms with Gasteiger partial charge >= 0.3 is 0 Å². The van der Waals surface area contributed by atoms with Crippen LogP contribution in [-0.2, 0) is 32.5 Å². The highest BCUT2D eigenvalue weighted by atomic mass is 16.5. The smallest absolute Gasteiger partial charge is 0.254 e. The van der Waals surface area contributed by atoms with E-state index in [-0.39, 0.29) is 5.56 Å². The van der Waals surface area contributed by atoms with Crippen molar-refractivity contribution in [3.63, 3.8) is 0 Å². The average molecular weight is 429 g/mol. The van der Waals surface area contributed by atoms with Gasteiger partial charge in [0.2, 0.25) is 0 Å². The highest BCUT2D eigenvalue weighted by Crippen LogP contribution is 2.26. The SMILES string of the molecule is CCCc1nc2c(c(=O)[nH]1)CCN(Cc1c[nH]c3ccc(OCc4ccccc4)cc13)C2. The molecule has 0 saturated carbocycles. The standard InChI is InChI=1S/C26H28N4O2/c1-2-6-25-28-24-16-30(12-11-21(24)26(31)29-25)15-19-14-27-23-10-9-20(13-22(19)23)32-17-18-7-4-3-5-8-18/h3-5,7-10,13-14,27H,2,6,11-12,15-17H2,1H3,(H,28,29,31). The van der Waals surface area contributed by atoms with Crippen LogP contribution in [-0.4, -0.2) is 26.4 Å². The van der Waals surface area contributed by atoms with Crippen LogP contribution >= 0.6 is 0 Å². The summed E-state index contributed by atoms with van der Waals surface area (Å²) in [6.07, 6.45) is 4.58. The first-order chi connectivity index (χ1) is 15.7. The Bertz CT molecular complexity index is 1280. The van der Waals surface area contributed by atoms with Gasteiger partial charge in [-0.15, -0.1) is 0 Å². The summed E-state index contributed by atoms with van der Waals surface area (Å²) in [6, 6.07) is 16.4. The molecule has 2 aromatic heterocycles. The zero-order valence-electron chi connectivity index (χ0n) is 18.4. The van der Waals surface area contributed by atoms with E-state index < -0.39 is 0 Å². The Kier molecular flexibility index (Phi) is 5.77. The van der Waals surface area contributed by atoms with Crippen molar-refractivity contribution < 1.29 is 4.74 Å². The zero-order chi connectivity index (χ0) is 21.9. The second-order valence-electron chi connectivity index (χ2n) is 8.44. The van der Waals surface area contributed by atoms with Crippen molar-refractivity contribution >= 4 is 10.9 Å². The summed E-state index contributed by atoms with van der Waals surface area (Å²) in [5.74, 6) is 1.66. The number of aromatic amines is 2. The van der Waals surface area contributed by atoms with Crippen molar-refractivity contribution in [2.45, 2.75) is 45.9 Å². The van der Waals surface area contributed by atoms with Gasteiger partial charge in [0.05, 0.1) is 5.69 Å². The van der Waals surface area contributed by atoms with E-state index in [0.29, 0.717) is 13.2 Å². The maximum Gasteiger partial charge on any atom is 0.254 e. The van der Waals surface area contributed by atoms with Gasteiger partial charge in [-0.25, -0.2) is 4.98 Å². The summed E-state index contributed by atoms with van der Waals surface area (Å²) in [6.45, 7) is 5.00. The first kappa shape index (κ1) is 20.5. The fourth-order valence-electron chi connectivity index (χ4n) is 4.40. The Morgan fingerprint density at radius 1 is 1.16 bits per heavy atom. The Labute approximate surface area is 187 Å². The van der Waals surface area contributed by atoms with Gasteiger partial charge in [0.15, 0.2) is 0 Å². The van der Waals surface area contributed by atoms with E-state index in [1.807, 2.05) is 24.3 Å². The molecule has 0 bridgehead atoms. The van der Waals surface area contributed by atoms with Crippen LogP contribution in [0.5, 0.6) is 5.75 Å². The number of aryl methyl sites for hydroxylation is 1. The van der Waals surface area contributed by atoms with E-state index in [1.54, 1.807) is 0 Å². The zero-order valence-corrected chi connectivity index (χ0v) is 18.4. The van der Waals surface area contributed by atoms with Crippen LogP contribution in [0.25, 0.3) is 10.9 Å². The van der Waals surface area contributed by atoms with Gasteiger partial charge in [-0.1, -0.05) is 37.3 Å². The predicted molar refractivity (Wildman–Crippen MR) is 126 cm³/mol. The lowest BCUT2D eigenvalue weighted by Gasteiger charge is -2.27. The monoisotopic (exact) mass is 428 g/mol. The molecular formula is C26H28N4O2. The number of fused-ring (bicyclic) bond motifs is 2. The Morgan fingerprint density at radius 2 is 2.03 bits per heavy atom. The predicted octanol–water partition coefficient (Wildman–Crippen LogP) is 4.34. The molecule has 0 aliphatic carbocycles. The van der Waals surface area contributed by atoms with Crippen molar-refractivity contribution in [1.29, 1.82) is 0 Å². The molecule has 0 amide bonds. The molecule has 6 nitrogen and oxygen atoms in total. The van der Waals surface area contributed by atoms with Crippen molar-refractivity contribution in [3.05, 3.63) is 93.3 Å². The molecule has 0 atom stereocenters. The summed E-state index contributed by atoms with van der Waals surface area (Å²) >= 11 is 0. The summed E-state index contributed by atoms with van der Waals surface area (Å²) < 4.78 is 6.03. The minimum Gasteiger partial charge on any atom is -0.489 e. The fourth-order valence-corrected chi connectivity index (χ4v) is 4.40. The van der Waals surface area contributed by atoms with Crippen LogP contribution in [0.4, 0.5) is 0 Å². The van der Waals surface area contributed by atoms with E-state index in [2.05, 4.69) is 52.3 Å². The molecule has 1 aliphatic rings. The number of hydrogen-bond donors (Lipinski definition) is 2. The molecule has 2 aromatic carbocycles. The van der Waals surface area contributed by atoms with Gasteiger partial charge in [0.1, 0.15) is 18.2 Å².